The van der Waals surface area contributed by atoms with Gasteiger partial charge in [0.2, 0.25) is 5.82 Å². The van der Waals surface area contributed by atoms with Gasteiger partial charge in [-0.05, 0) is 49.1 Å². The van der Waals surface area contributed by atoms with Crippen LogP contribution < -0.4 is 0 Å². The number of halogens is 1. The van der Waals surface area contributed by atoms with E-state index < -0.39 is 0 Å². The lowest BCUT2D eigenvalue weighted by Gasteiger charge is -2.27. The molecule has 0 N–H and O–H groups in total. The van der Waals surface area contributed by atoms with E-state index in [1.165, 1.54) is 0 Å². The van der Waals surface area contributed by atoms with Crippen molar-refractivity contribution in [1.29, 1.82) is 0 Å². The molecule has 1 aliphatic rings. The normalized spacial score (nSPS) is 12.9. The number of carbonyl (C=O) groups excluding carboxylic acids is 1. The fourth-order valence-electron chi connectivity index (χ4n) is 2.96. The standard InChI is InChI=1S/C20H16ClN5O/c1-14-4-2-7-17(22-14)8-9-18-23-24-19-13-25(10-11-26(18)19)20(27)15-5-3-6-16(21)12-15/h2-7,12H,10-11,13H2,1H3. The number of rotatable bonds is 1. The van der Waals surface area contributed by atoms with E-state index in [-0.39, 0.29) is 5.91 Å². The van der Waals surface area contributed by atoms with Crippen molar-refractivity contribution in [3.05, 3.63) is 76.1 Å². The summed E-state index contributed by atoms with van der Waals surface area (Å²) in [5, 5.41) is 8.91. The quantitative estimate of drug-likeness (QED) is 0.612. The molecule has 2 aromatic heterocycles. The monoisotopic (exact) mass is 377 g/mol. The molecule has 0 unspecified atom stereocenters. The number of carbonyl (C=O) groups is 1. The Morgan fingerprint density at radius 2 is 1.96 bits per heavy atom. The molecule has 0 bridgehead atoms. The van der Waals surface area contributed by atoms with Gasteiger partial charge in [0.15, 0.2) is 5.82 Å². The van der Waals surface area contributed by atoms with Gasteiger partial charge in [0.05, 0.1) is 6.54 Å². The third-order valence-electron chi connectivity index (χ3n) is 4.30. The number of aromatic nitrogens is 4. The lowest BCUT2D eigenvalue weighted by atomic mass is 10.2. The molecule has 27 heavy (non-hydrogen) atoms. The molecule has 3 aromatic rings. The Morgan fingerprint density at radius 3 is 2.78 bits per heavy atom. The molecule has 0 radical (unpaired) electrons. The number of nitrogens with zero attached hydrogens (tertiary/aromatic N) is 5. The number of pyridine rings is 1. The average molecular weight is 378 g/mol. The highest BCUT2D eigenvalue weighted by Crippen LogP contribution is 2.17. The first-order chi connectivity index (χ1) is 13.1. The Kier molecular flexibility index (Phi) is 4.61. The Hall–Kier alpha value is -3.17. The third kappa shape index (κ3) is 3.69. The van der Waals surface area contributed by atoms with Crippen molar-refractivity contribution in [2.75, 3.05) is 6.54 Å². The molecular weight excluding hydrogens is 362 g/mol. The lowest BCUT2D eigenvalue weighted by Crippen LogP contribution is -2.38. The van der Waals surface area contributed by atoms with E-state index in [0.717, 1.165) is 11.5 Å². The fraction of sp³-hybridized carbons (Fsp3) is 0.200. The van der Waals surface area contributed by atoms with Gasteiger partial charge >= 0.3 is 0 Å². The average Bonchev–Trinajstić information content (AvgIpc) is 3.08. The number of fused-ring (bicyclic) bond motifs is 1. The van der Waals surface area contributed by atoms with Gasteiger partial charge in [0, 0.05) is 29.4 Å². The Labute approximate surface area is 161 Å². The maximum absolute atomic E-state index is 12.7. The number of hydrogen-bond acceptors (Lipinski definition) is 4. The second-order valence-electron chi connectivity index (χ2n) is 6.24. The zero-order valence-electron chi connectivity index (χ0n) is 14.7. The predicted molar refractivity (Wildman–Crippen MR) is 101 cm³/mol. The van der Waals surface area contributed by atoms with Crippen LogP contribution in [0.2, 0.25) is 5.02 Å². The minimum Gasteiger partial charge on any atom is -0.329 e. The molecule has 0 aliphatic carbocycles. The van der Waals surface area contributed by atoms with Crippen LogP contribution in [0.4, 0.5) is 0 Å². The van der Waals surface area contributed by atoms with E-state index in [9.17, 15) is 4.79 Å². The zero-order valence-corrected chi connectivity index (χ0v) is 15.4. The molecule has 0 spiro atoms. The van der Waals surface area contributed by atoms with Crippen molar-refractivity contribution in [3.8, 4) is 11.8 Å². The molecule has 3 heterocycles. The summed E-state index contributed by atoms with van der Waals surface area (Å²) in [6.45, 7) is 3.48. The minimum absolute atomic E-state index is 0.0663. The number of hydrogen-bond donors (Lipinski definition) is 0. The van der Waals surface area contributed by atoms with Crippen molar-refractivity contribution in [2.24, 2.45) is 0 Å². The molecule has 1 aromatic carbocycles. The lowest BCUT2D eigenvalue weighted by molar-refractivity contribution is 0.0707. The Balaban J connectivity index is 1.53. The van der Waals surface area contributed by atoms with Crippen molar-refractivity contribution in [3.63, 3.8) is 0 Å². The second kappa shape index (κ2) is 7.22. The van der Waals surface area contributed by atoms with Crippen LogP contribution in [0.1, 0.15) is 33.4 Å². The smallest absolute Gasteiger partial charge is 0.254 e. The van der Waals surface area contributed by atoms with Crippen LogP contribution >= 0.6 is 11.6 Å². The molecule has 0 fully saturated rings. The molecule has 6 nitrogen and oxygen atoms in total. The predicted octanol–water partition coefficient (Wildman–Crippen LogP) is 2.69. The Bertz CT molecular complexity index is 1080. The molecule has 4 rings (SSSR count). The summed E-state index contributed by atoms with van der Waals surface area (Å²) in [6.07, 6.45) is 0. The second-order valence-corrected chi connectivity index (χ2v) is 6.68. The third-order valence-corrected chi connectivity index (χ3v) is 4.54. The Morgan fingerprint density at radius 1 is 1.11 bits per heavy atom. The van der Waals surface area contributed by atoms with E-state index >= 15 is 0 Å². The fourth-order valence-corrected chi connectivity index (χ4v) is 3.15. The first-order valence-corrected chi connectivity index (χ1v) is 8.90. The highest BCUT2D eigenvalue weighted by Gasteiger charge is 2.24. The zero-order chi connectivity index (χ0) is 18.8. The van der Waals surface area contributed by atoms with E-state index in [1.807, 2.05) is 29.7 Å². The molecule has 1 aliphatic heterocycles. The molecular formula is C20H16ClN5O. The molecule has 7 heteroatoms. The van der Waals surface area contributed by atoms with Crippen LogP contribution in [0, 0.1) is 18.8 Å². The van der Waals surface area contributed by atoms with Gasteiger partial charge in [-0.15, -0.1) is 10.2 Å². The van der Waals surface area contributed by atoms with Crippen molar-refractivity contribution < 1.29 is 4.79 Å². The highest BCUT2D eigenvalue weighted by atomic mass is 35.5. The summed E-state index contributed by atoms with van der Waals surface area (Å²) < 4.78 is 1.95. The largest absolute Gasteiger partial charge is 0.329 e. The van der Waals surface area contributed by atoms with Gasteiger partial charge < -0.3 is 9.47 Å². The highest BCUT2D eigenvalue weighted by molar-refractivity contribution is 6.30. The summed E-state index contributed by atoms with van der Waals surface area (Å²) >= 11 is 5.99. The van der Waals surface area contributed by atoms with Gasteiger partial charge in [-0.25, -0.2) is 4.98 Å². The van der Waals surface area contributed by atoms with Crippen molar-refractivity contribution >= 4 is 17.5 Å². The maximum Gasteiger partial charge on any atom is 0.254 e. The van der Waals surface area contributed by atoms with Gasteiger partial charge in [-0.1, -0.05) is 23.7 Å². The summed E-state index contributed by atoms with van der Waals surface area (Å²) in [5.74, 6) is 7.30. The number of aryl methyl sites for hydroxylation is 1. The van der Waals surface area contributed by atoms with Gasteiger partial charge in [0.25, 0.3) is 5.91 Å². The maximum atomic E-state index is 12.7. The van der Waals surface area contributed by atoms with Crippen molar-refractivity contribution in [2.45, 2.75) is 20.0 Å². The number of amides is 1. The van der Waals surface area contributed by atoms with E-state index in [0.29, 0.717) is 41.7 Å². The van der Waals surface area contributed by atoms with E-state index in [4.69, 9.17) is 11.6 Å². The molecule has 1 amide bonds. The van der Waals surface area contributed by atoms with Crippen molar-refractivity contribution in [1.82, 2.24) is 24.6 Å². The van der Waals surface area contributed by atoms with Gasteiger partial charge in [-0.3, -0.25) is 4.79 Å². The topological polar surface area (TPSA) is 63.9 Å². The van der Waals surface area contributed by atoms with Crippen LogP contribution in [0.25, 0.3) is 0 Å². The first kappa shape index (κ1) is 17.3. The van der Waals surface area contributed by atoms with E-state index in [1.54, 1.807) is 29.2 Å². The molecule has 0 saturated heterocycles. The van der Waals surface area contributed by atoms with Crippen LogP contribution in [0.15, 0.2) is 42.5 Å². The summed E-state index contributed by atoms with van der Waals surface area (Å²) in [7, 11) is 0. The summed E-state index contributed by atoms with van der Waals surface area (Å²) in [4.78, 5) is 18.8. The minimum atomic E-state index is -0.0663. The van der Waals surface area contributed by atoms with Crippen LogP contribution in [0.3, 0.4) is 0 Å². The molecule has 134 valence electrons. The molecule has 0 saturated carbocycles. The first-order valence-electron chi connectivity index (χ1n) is 8.53. The van der Waals surface area contributed by atoms with Crippen LogP contribution in [-0.4, -0.2) is 37.1 Å². The summed E-state index contributed by atoms with van der Waals surface area (Å²) in [6, 6.07) is 12.7. The summed E-state index contributed by atoms with van der Waals surface area (Å²) in [5.41, 5.74) is 2.18. The van der Waals surface area contributed by atoms with E-state index in [2.05, 4.69) is 27.0 Å². The van der Waals surface area contributed by atoms with Crippen LogP contribution in [0.5, 0.6) is 0 Å². The van der Waals surface area contributed by atoms with Gasteiger partial charge in [-0.2, -0.15) is 0 Å². The SMILES string of the molecule is Cc1cccc(C#Cc2nnc3n2CCN(C(=O)c2cccc(Cl)c2)C3)n1. The van der Waals surface area contributed by atoms with Crippen LogP contribution in [-0.2, 0) is 13.1 Å². The number of benzene rings is 1. The molecule has 0 atom stereocenters. The van der Waals surface area contributed by atoms with Gasteiger partial charge in [0.1, 0.15) is 5.69 Å².